The number of phenolic OH excluding ortho intramolecular Hbond substituents is 1. The fourth-order valence-electron chi connectivity index (χ4n) is 1.64. The van der Waals surface area contributed by atoms with E-state index in [9.17, 15) is 5.11 Å². The Kier molecular flexibility index (Phi) is 2.16. The molecule has 0 aliphatic rings. The number of fused-ring (bicyclic) bond motifs is 1. The van der Waals surface area contributed by atoms with Gasteiger partial charge in [0, 0.05) is 6.07 Å². The van der Waals surface area contributed by atoms with Gasteiger partial charge < -0.3 is 5.11 Å². The number of nitrogens with zero attached hydrogens (tertiary/aromatic N) is 1. The van der Waals surface area contributed by atoms with Gasteiger partial charge in [0.2, 0.25) is 0 Å². The fraction of sp³-hybridized carbons (Fsp3) is 0.231. The quantitative estimate of drug-likeness (QED) is 0.705. The Balaban J connectivity index is 2.64. The SMILES string of the molecule is C[N+](C)(C)c1ccc2ccc(O)cc2c1. The number of hydrogen-bond acceptors (Lipinski definition) is 1. The summed E-state index contributed by atoms with van der Waals surface area (Å²) in [6, 6.07) is 11.8. The molecular weight excluding hydrogens is 186 g/mol. The molecule has 0 spiro atoms. The highest BCUT2D eigenvalue weighted by Crippen LogP contribution is 2.26. The van der Waals surface area contributed by atoms with Crippen molar-refractivity contribution in [2.75, 3.05) is 21.1 Å². The van der Waals surface area contributed by atoms with Crippen LogP contribution in [0.25, 0.3) is 10.8 Å². The van der Waals surface area contributed by atoms with Crippen LogP contribution in [0, 0.1) is 0 Å². The molecule has 0 amide bonds. The van der Waals surface area contributed by atoms with Crippen molar-refractivity contribution in [2.45, 2.75) is 0 Å². The molecule has 2 heteroatoms. The maximum Gasteiger partial charge on any atom is 0.132 e. The van der Waals surface area contributed by atoms with Crippen molar-refractivity contribution >= 4 is 16.5 Å². The van der Waals surface area contributed by atoms with Gasteiger partial charge in [-0.3, -0.25) is 4.48 Å². The highest BCUT2D eigenvalue weighted by atomic mass is 16.3. The molecule has 0 aliphatic heterocycles. The van der Waals surface area contributed by atoms with E-state index in [4.69, 9.17) is 0 Å². The second kappa shape index (κ2) is 3.24. The molecule has 0 aromatic heterocycles. The molecule has 2 aromatic rings. The van der Waals surface area contributed by atoms with E-state index < -0.39 is 0 Å². The van der Waals surface area contributed by atoms with Gasteiger partial charge in [-0.1, -0.05) is 6.07 Å². The molecule has 0 aliphatic carbocycles. The van der Waals surface area contributed by atoms with Crippen molar-refractivity contribution in [3.8, 4) is 5.75 Å². The van der Waals surface area contributed by atoms with Gasteiger partial charge in [0.1, 0.15) is 11.4 Å². The largest absolute Gasteiger partial charge is 0.508 e. The first-order chi connectivity index (χ1) is 6.97. The molecule has 2 nitrogen and oxygen atoms in total. The summed E-state index contributed by atoms with van der Waals surface area (Å²) in [4.78, 5) is 0. The number of quaternary nitrogens is 1. The average Bonchev–Trinajstić information content (AvgIpc) is 2.15. The summed E-state index contributed by atoms with van der Waals surface area (Å²) in [5, 5.41) is 11.7. The third kappa shape index (κ3) is 1.95. The highest BCUT2D eigenvalue weighted by Gasteiger charge is 2.11. The third-order valence-corrected chi connectivity index (χ3v) is 2.58. The predicted molar refractivity (Wildman–Crippen MR) is 65.2 cm³/mol. The van der Waals surface area contributed by atoms with Gasteiger partial charge in [-0.25, -0.2) is 0 Å². The molecule has 0 saturated carbocycles. The standard InChI is InChI=1S/C13H15NO/c1-14(2,3)12-6-4-10-5-7-13(15)9-11(10)8-12/h4-9H,1-3H3/p+1. The van der Waals surface area contributed by atoms with E-state index in [1.165, 1.54) is 5.69 Å². The number of phenols is 1. The molecule has 15 heavy (non-hydrogen) atoms. The van der Waals surface area contributed by atoms with Crippen LogP contribution in [-0.4, -0.2) is 26.2 Å². The van der Waals surface area contributed by atoms with Crippen molar-refractivity contribution in [3.63, 3.8) is 0 Å². The minimum absolute atomic E-state index is 0.320. The molecule has 0 bridgehead atoms. The minimum Gasteiger partial charge on any atom is -0.508 e. The minimum atomic E-state index is 0.320. The molecule has 0 saturated heterocycles. The molecule has 0 radical (unpaired) electrons. The molecule has 0 atom stereocenters. The second-order valence-corrected chi connectivity index (χ2v) is 4.73. The Morgan fingerprint density at radius 1 is 0.867 bits per heavy atom. The lowest BCUT2D eigenvalue weighted by Gasteiger charge is -2.23. The maximum atomic E-state index is 9.42. The van der Waals surface area contributed by atoms with Gasteiger partial charge in [0.05, 0.1) is 21.1 Å². The number of benzene rings is 2. The number of aromatic hydroxyl groups is 1. The van der Waals surface area contributed by atoms with Crippen molar-refractivity contribution in [2.24, 2.45) is 0 Å². The summed E-state index contributed by atoms with van der Waals surface area (Å²) >= 11 is 0. The molecule has 2 aromatic carbocycles. The van der Waals surface area contributed by atoms with Crippen LogP contribution < -0.4 is 4.48 Å². The zero-order valence-electron chi connectivity index (χ0n) is 9.36. The molecule has 1 N–H and O–H groups in total. The van der Waals surface area contributed by atoms with Gasteiger partial charge >= 0.3 is 0 Å². The van der Waals surface area contributed by atoms with Gasteiger partial charge in [0.15, 0.2) is 0 Å². The third-order valence-electron chi connectivity index (χ3n) is 2.58. The van der Waals surface area contributed by atoms with Crippen LogP contribution in [0.15, 0.2) is 36.4 Å². The van der Waals surface area contributed by atoms with Crippen LogP contribution in [0.3, 0.4) is 0 Å². The van der Waals surface area contributed by atoms with E-state index in [1.54, 1.807) is 12.1 Å². The maximum absolute atomic E-state index is 9.42. The van der Waals surface area contributed by atoms with Crippen molar-refractivity contribution < 1.29 is 5.11 Å². The van der Waals surface area contributed by atoms with Crippen molar-refractivity contribution in [1.82, 2.24) is 4.48 Å². The number of rotatable bonds is 1. The van der Waals surface area contributed by atoms with E-state index in [0.717, 1.165) is 15.3 Å². The lowest BCUT2D eigenvalue weighted by Crippen LogP contribution is -2.34. The van der Waals surface area contributed by atoms with Crippen molar-refractivity contribution in [1.29, 1.82) is 0 Å². The summed E-state index contributed by atoms with van der Waals surface area (Å²) in [6.45, 7) is 0. The zero-order chi connectivity index (χ0) is 11.1. The average molecular weight is 202 g/mol. The Bertz CT molecular complexity index is 497. The second-order valence-electron chi connectivity index (χ2n) is 4.73. The molecule has 0 fully saturated rings. The summed E-state index contributed by atoms with van der Waals surface area (Å²) in [7, 11) is 6.39. The summed E-state index contributed by atoms with van der Waals surface area (Å²) in [6.07, 6.45) is 0. The topological polar surface area (TPSA) is 20.2 Å². The van der Waals surface area contributed by atoms with Gasteiger partial charge in [-0.2, -0.15) is 0 Å². The zero-order valence-corrected chi connectivity index (χ0v) is 9.36. The van der Waals surface area contributed by atoms with E-state index >= 15 is 0 Å². The first-order valence-corrected chi connectivity index (χ1v) is 5.01. The Morgan fingerprint density at radius 2 is 1.53 bits per heavy atom. The van der Waals surface area contributed by atoms with E-state index in [2.05, 4.69) is 39.3 Å². The molecule has 78 valence electrons. The first-order valence-electron chi connectivity index (χ1n) is 5.01. The lowest BCUT2D eigenvalue weighted by atomic mass is 10.1. The highest BCUT2D eigenvalue weighted by molar-refractivity contribution is 5.86. The van der Waals surface area contributed by atoms with Crippen molar-refractivity contribution in [3.05, 3.63) is 36.4 Å². The van der Waals surface area contributed by atoms with E-state index in [-0.39, 0.29) is 0 Å². The smallest absolute Gasteiger partial charge is 0.132 e. The lowest BCUT2D eigenvalue weighted by molar-refractivity contribution is 0.476. The summed E-state index contributed by atoms with van der Waals surface area (Å²) < 4.78 is 0.783. The summed E-state index contributed by atoms with van der Waals surface area (Å²) in [5.41, 5.74) is 1.23. The number of hydrogen-bond donors (Lipinski definition) is 1. The Morgan fingerprint density at radius 3 is 2.20 bits per heavy atom. The molecule has 0 unspecified atom stereocenters. The Labute approximate surface area is 90.0 Å². The molecule has 0 heterocycles. The van der Waals surface area contributed by atoms with Gasteiger partial charge in [0.25, 0.3) is 0 Å². The van der Waals surface area contributed by atoms with Crippen LogP contribution >= 0.6 is 0 Å². The molecule has 2 rings (SSSR count). The first kappa shape index (κ1) is 9.99. The van der Waals surface area contributed by atoms with Crippen LogP contribution in [0.4, 0.5) is 5.69 Å². The Hall–Kier alpha value is -1.54. The summed E-state index contributed by atoms with van der Waals surface area (Å²) in [5.74, 6) is 0.320. The molecular formula is C13H16NO+. The van der Waals surface area contributed by atoms with Gasteiger partial charge in [-0.05, 0) is 35.0 Å². The van der Waals surface area contributed by atoms with Gasteiger partial charge in [-0.15, -0.1) is 0 Å². The van der Waals surface area contributed by atoms with Crippen LogP contribution in [0.2, 0.25) is 0 Å². The predicted octanol–water partition coefficient (Wildman–Crippen LogP) is 2.74. The monoisotopic (exact) mass is 202 g/mol. The van der Waals surface area contributed by atoms with E-state index in [1.807, 2.05) is 6.07 Å². The van der Waals surface area contributed by atoms with E-state index in [0.29, 0.717) is 5.75 Å². The normalized spacial score (nSPS) is 11.9. The van der Waals surface area contributed by atoms with Crippen LogP contribution in [0.1, 0.15) is 0 Å². The van der Waals surface area contributed by atoms with Crippen LogP contribution in [0.5, 0.6) is 5.75 Å². The fourth-order valence-corrected chi connectivity index (χ4v) is 1.64. The van der Waals surface area contributed by atoms with Crippen LogP contribution in [-0.2, 0) is 0 Å².